The topological polar surface area (TPSA) is 61.2 Å². The van der Waals surface area contributed by atoms with Gasteiger partial charge in [-0.15, -0.1) is 0 Å². The third-order valence-corrected chi connectivity index (χ3v) is 5.96. The molecule has 2 aliphatic rings. The van der Waals surface area contributed by atoms with Crippen LogP contribution in [0.5, 0.6) is 5.75 Å². The molecule has 7 heteroatoms. The lowest BCUT2D eigenvalue weighted by molar-refractivity contribution is -0.139. The van der Waals surface area contributed by atoms with Gasteiger partial charge in [-0.1, -0.05) is 54.6 Å². The van der Waals surface area contributed by atoms with Crippen LogP contribution in [0.25, 0.3) is 16.0 Å². The van der Waals surface area contributed by atoms with E-state index in [4.69, 9.17) is 21.8 Å². The second-order valence-corrected chi connectivity index (χ2v) is 7.90. The highest BCUT2D eigenvalue weighted by Crippen LogP contribution is 2.56. The van der Waals surface area contributed by atoms with Crippen LogP contribution >= 0.6 is 0 Å². The van der Waals surface area contributed by atoms with E-state index in [-0.39, 0.29) is 18.0 Å². The molecule has 5 nitrogen and oxygen atoms in total. The van der Waals surface area contributed by atoms with Gasteiger partial charge in [-0.25, -0.2) is 9.84 Å². The first-order valence-electron chi connectivity index (χ1n) is 10.1. The molecule has 0 aliphatic carbocycles. The molecule has 2 aliphatic heterocycles. The van der Waals surface area contributed by atoms with Crippen LogP contribution in [0.4, 0.5) is 14.5 Å². The van der Waals surface area contributed by atoms with E-state index in [1.807, 2.05) is 36.4 Å². The van der Waals surface area contributed by atoms with E-state index in [2.05, 4.69) is 9.84 Å². The fourth-order valence-corrected chi connectivity index (χ4v) is 4.36. The molecule has 1 unspecified atom stereocenters. The van der Waals surface area contributed by atoms with E-state index in [0.717, 1.165) is 11.1 Å². The molecule has 2 heterocycles. The summed E-state index contributed by atoms with van der Waals surface area (Å²) >= 11 is 0. The molecule has 2 N–H and O–H groups in total. The van der Waals surface area contributed by atoms with Gasteiger partial charge in [-0.2, -0.15) is 8.78 Å². The maximum atomic E-state index is 15.6. The molecular formula is C25H19F2N3O2. The van der Waals surface area contributed by atoms with Gasteiger partial charge in [0.05, 0.1) is 6.57 Å². The quantitative estimate of drug-likeness (QED) is 0.537. The molecular weight excluding hydrogens is 412 g/mol. The number of rotatable bonds is 2. The molecule has 3 aromatic carbocycles. The van der Waals surface area contributed by atoms with Crippen molar-refractivity contribution in [2.75, 3.05) is 6.61 Å². The number of benzene rings is 3. The largest absolute Gasteiger partial charge is 0.485 e. The lowest BCUT2D eigenvalue weighted by atomic mass is 9.75. The fraction of sp³-hybridized carbons (Fsp3) is 0.200. The maximum absolute atomic E-state index is 15.6. The maximum Gasteiger partial charge on any atom is 0.310 e. The van der Waals surface area contributed by atoms with Gasteiger partial charge < -0.3 is 15.2 Å². The highest BCUT2D eigenvalue weighted by atomic mass is 19.3. The summed E-state index contributed by atoms with van der Waals surface area (Å²) < 4.78 is 42.2. The minimum Gasteiger partial charge on any atom is -0.485 e. The summed E-state index contributed by atoms with van der Waals surface area (Å²) in [6.07, 6.45) is -0.715. The summed E-state index contributed by atoms with van der Waals surface area (Å²) in [5, 5.41) is 0. The Morgan fingerprint density at radius 1 is 1.00 bits per heavy atom. The molecule has 0 saturated carbocycles. The number of ether oxygens (including phenoxy) is 2. The summed E-state index contributed by atoms with van der Waals surface area (Å²) in [6.45, 7) is 6.39. The summed E-state index contributed by atoms with van der Waals surface area (Å²) in [5.41, 5.74) is 6.81. The van der Waals surface area contributed by atoms with Crippen molar-refractivity contribution in [1.29, 1.82) is 0 Å². The summed E-state index contributed by atoms with van der Waals surface area (Å²) in [6, 6.07) is 21.1. The second kappa shape index (κ2) is 7.34. The molecule has 32 heavy (non-hydrogen) atoms. The Bertz CT molecular complexity index is 1250. The van der Waals surface area contributed by atoms with E-state index < -0.39 is 24.2 Å². The van der Waals surface area contributed by atoms with Crippen LogP contribution in [0.3, 0.4) is 0 Å². The Kier molecular flexibility index (Phi) is 4.59. The van der Waals surface area contributed by atoms with Crippen molar-refractivity contribution in [2.24, 2.45) is 10.7 Å². The summed E-state index contributed by atoms with van der Waals surface area (Å²) in [5.74, 6) is -2.98. The van der Waals surface area contributed by atoms with Crippen molar-refractivity contribution in [3.8, 4) is 16.9 Å². The van der Waals surface area contributed by atoms with Crippen molar-refractivity contribution in [2.45, 2.75) is 24.0 Å². The number of hydrogen-bond acceptors (Lipinski definition) is 4. The van der Waals surface area contributed by atoms with Crippen LogP contribution in [0.2, 0.25) is 0 Å². The van der Waals surface area contributed by atoms with Crippen molar-refractivity contribution in [1.82, 2.24) is 0 Å². The van der Waals surface area contributed by atoms with Gasteiger partial charge >= 0.3 is 5.92 Å². The Labute approximate surface area is 183 Å². The van der Waals surface area contributed by atoms with Gasteiger partial charge in [0.25, 0.3) is 6.02 Å². The molecule has 1 spiro atoms. The van der Waals surface area contributed by atoms with Crippen LogP contribution < -0.4 is 10.5 Å². The molecule has 0 radical (unpaired) electrons. The van der Waals surface area contributed by atoms with E-state index in [9.17, 15) is 0 Å². The van der Waals surface area contributed by atoms with Gasteiger partial charge in [-0.3, -0.25) is 0 Å². The minimum absolute atomic E-state index is 0.0907. The highest BCUT2D eigenvalue weighted by Gasteiger charge is 2.62. The predicted molar refractivity (Wildman–Crippen MR) is 117 cm³/mol. The first-order valence-corrected chi connectivity index (χ1v) is 10.1. The minimum atomic E-state index is -3.31. The number of aliphatic imine (C=N–C) groups is 1. The average Bonchev–Trinajstić information content (AvgIpc) is 2.82. The van der Waals surface area contributed by atoms with E-state index in [0.29, 0.717) is 17.0 Å². The van der Waals surface area contributed by atoms with Gasteiger partial charge in [0.2, 0.25) is 0 Å². The zero-order valence-corrected chi connectivity index (χ0v) is 17.0. The first kappa shape index (κ1) is 20.0. The number of halogens is 2. The monoisotopic (exact) mass is 431 g/mol. The van der Waals surface area contributed by atoms with Crippen molar-refractivity contribution in [3.63, 3.8) is 0 Å². The normalized spacial score (nSPS) is 23.3. The number of amidine groups is 1. The number of hydrogen-bond donors (Lipinski definition) is 1. The third-order valence-electron chi connectivity index (χ3n) is 5.96. The van der Waals surface area contributed by atoms with E-state index >= 15 is 8.78 Å². The zero-order valence-electron chi connectivity index (χ0n) is 17.0. The Morgan fingerprint density at radius 2 is 1.78 bits per heavy atom. The molecule has 0 aromatic heterocycles. The average molecular weight is 431 g/mol. The lowest BCUT2D eigenvalue weighted by Gasteiger charge is -2.45. The van der Waals surface area contributed by atoms with Crippen LogP contribution in [-0.4, -0.2) is 18.6 Å². The van der Waals surface area contributed by atoms with Crippen LogP contribution in [0.1, 0.15) is 23.7 Å². The van der Waals surface area contributed by atoms with Crippen molar-refractivity contribution in [3.05, 3.63) is 95.3 Å². The molecule has 0 saturated heterocycles. The highest BCUT2D eigenvalue weighted by molar-refractivity contribution is 5.75. The molecule has 0 bridgehead atoms. The first-order chi connectivity index (χ1) is 15.4. The molecule has 0 amide bonds. The van der Waals surface area contributed by atoms with Gasteiger partial charge in [-0.05, 0) is 34.9 Å². The van der Waals surface area contributed by atoms with E-state index in [1.165, 1.54) is 0 Å². The van der Waals surface area contributed by atoms with E-state index in [1.54, 1.807) is 36.4 Å². The van der Waals surface area contributed by atoms with Gasteiger partial charge in [0.1, 0.15) is 11.9 Å². The molecule has 2 atom stereocenters. The number of alkyl halides is 2. The van der Waals surface area contributed by atoms with Crippen LogP contribution in [-0.2, 0) is 10.3 Å². The number of fused-ring (bicyclic) bond motifs is 2. The number of nitrogens with zero attached hydrogens (tertiary/aromatic N) is 2. The SMILES string of the molecule is [C-]#[N+]c1cccc(-c2ccc3c(c2)[C@@]2(CC(c4ccccc4)O3)N=C(N)OCC2(F)F)c1. The summed E-state index contributed by atoms with van der Waals surface area (Å²) in [4.78, 5) is 7.66. The molecule has 0 fully saturated rings. The smallest absolute Gasteiger partial charge is 0.310 e. The van der Waals surface area contributed by atoms with Crippen molar-refractivity contribution >= 4 is 11.7 Å². The van der Waals surface area contributed by atoms with Crippen LogP contribution in [0, 0.1) is 6.57 Å². The molecule has 160 valence electrons. The standard InChI is InChI=1S/C25H19F2N3O2/c1-29-19-9-5-8-17(12-19)18-10-11-21-20(13-18)24(25(26,27)15-31-23(28)30-24)14-22(32-21)16-6-3-2-4-7-16/h2-13,22H,14-15H2,(H2,28,30)/t22?,24-/m1/s1. The molecule has 5 rings (SSSR count). The second-order valence-electron chi connectivity index (χ2n) is 7.90. The third kappa shape index (κ3) is 3.16. The van der Waals surface area contributed by atoms with Gasteiger partial charge in [0.15, 0.2) is 17.8 Å². The van der Waals surface area contributed by atoms with Gasteiger partial charge in [0, 0.05) is 12.0 Å². The zero-order chi connectivity index (χ0) is 22.3. The molecule has 3 aromatic rings. The summed E-state index contributed by atoms with van der Waals surface area (Å²) in [7, 11) is 0. The van der Waals surface area contributed by atoms with Crippen LogP contribution in [0.15, 0.2) is 77.8 Å². The lowest BCUT2D eigenvalue weighted by Crippen LogP contribution is -2.55. The van der Waals surface area contributed by atoms with Crippen molar-refractivity contribution < 1.29 is 18.3 Å². The predicted octanol–water partition coefficient (Wildman–Crippen LogP) is 5.60. The Balaban J connectivity index is 1.70. The number of nitrogens with two attached hydrogens (primary N) is 1. The Morgan fingerprint density at radius 3 is 2.56 bits per heavy atom. The fourth-order valence-electron chi connectivity index (χ4n) is 4.36. The Hall–Kier alpha value is -3.92.